The monoisotopic (exact) mass is 437 g/mol. The van der Waals surface area contributed by atoms with Crippen LogP contribution in [0.3, 0.4) is 0 Å². The number of carbonyl (C=O) groups is 2. The fraction of sp³-hybridized carbons (Fsp3) is 0.263. The SMILES string of the molecule is O=C(COc1ccccc1Cl)NNC(=O)c1ccc(S(=O)(=O)N2CCCC2)cc1. The van der Waals surface area contributed by atoms with E-state index in [4.69, 9.17) is 16.3 Å². The second-order valence-corrected chi connectivity index (χ2v) is 8.70. The largest absolute Gasteiger partial charge is 0.482 e. The molecule has 10 heteroatoms. The van der Waals surface area contributed by atoms with E-state index in [-0.39, 0.29) is 17.1 Å². The molecule has 2 N–H and O–H groups in total. The molecule has 2 amide bonds. The summed E-state index contributed by atoms with van der Waals surface area (Å²) in [5, 5.41) is 0.369. The number of hydrogen-bond donors (Lipinski definition) is 2. The molecule has 1 heterocycles. The first-order chi connectivity index (χ1) is 13.9. The third-order valence-corrected chi connectivity index (χ3v) is 6.56. The molecule has 8 nitrogen and oxygen atoms in total. The Bertz CT molecular complexity index is 989. The van der Waals surface area contributed by atoms with Crippen LogP contribution in [0.2, 0.25) is 5.02 Å². The van der Waals surface area contributed by atoms with E-state index in [2.05, 4.69) is 10.9 Å². The van der Waals surface area contributed by atoms with Crippen molar-refractivity contribution in [2.75, 3.05) is 19.7 Å². The molecule has 154 valence electrons. The quantitative estimate of drug-likeness (QED) is 0.672. The lowest BCUT2D eigenvalue weighted by molar-refractivity contribution is -0.123. The van der Waals surface area contributed by atoms with Crippen LogP contribution in [0.25, 0.3) is 0 Å². The zero-order chi connectivity index (χ0) is 20.9. The Labute approximate surface area is 173 Å². The molecule has 3 rings (SSSR count). The van der Waals surface area contributed by atoms with Crippen molar-refractivity contribution < 1.29 is 22.7 Å². The molecule has 0 spiro atoms. The van der Waals surface area contributed by atoms with Gasteiger partial charge in [-0.2, -0.15) is 4.31 Å². The minimum Gasteiger partial charge on any atom is -0.482 e. The van der Waals surface area contributed by atoms with Crippen LogP contribution < -0.4 is 15.6 Å². The summed E-state index contributed by atoms with van der Waals surface area (Å²) < 4.78 is 31.7. The molecule has 0 bridgehead atoms. The van der Waals surface area contributed by atoms with Crippen LogP contribution in [0.1, 0.15) is 23.2 Å². The Hall–Kier alpha value is -2.62. The van der Waals surface area contributed by atoms with Crippen molar-refractivity contribution in [1.29, 1.82) is 0 Å². The number of rotatable bonds is 6. The Morgan fingerprint density at radius 3 is 2.31 bits per heavy atom. The molecule has 0 saturated carbocycles. The van der Waals surface area contributed by atoms with Crippen molar-refractivity contribution in [1.82, 2.24) is 15.2 Å². The standard InChI is InChI=1S/C19H20ClN3O5S/c20-16-5-1-2-6-17(16)28-13-18(24)21-22-19(25)14-7-9-15(10-8-14)29(26,27)23-11-3-4-12-23/h1-2,5-10H,3-4,11-13H2,(H,21,24)(H,22,25). The summed E-state index contributed by atoms with van der Waals surface area (Å²) in [6.07, 6.45) is 1.69. The highest BCUT2D eigenvalue weighted by molar-refractivity contribution is 7.89. The highest BCUT2D eigenvalue weighted by Crippen LogP contribution is 2.23. The first kappa shape index (κ1) is 21.1. The molecule has 0 radical (unpaired) electrons. The molecule has 1 fully saturated rings. The molecule has 0 aromatic heterocycles. The second kappa shape index (κ2) is 9.25. The van der Waals surface area contributed by atoms with E-state index in [1.807, 2.05) is 0 Å². The number of amides is 2. The lowest BCUT2D eigenvalue weighted by atomic mass is 10.2. The molecule has 29 heavy (non-hydrogen) atoms. The lowest BCUT2D eigenvalue weighted by Crippen LogP contribution is -2.43. The number of hydrazine groups is 1. The number of sulfonamides is 1. The van der Waals surface area contributed by atoms with E-state index >= 15 is 0 Å². The average Bonchev–Trinajstić information content (AvgIpc) is 3.27. The van der Waals surface area contributed by atoms with Crippen LogP contribution >= 0.6 is 11.6 Å². The molecule has 0 atom stereocenters. The Morgan fingerprint density at radius 2 is 1.66 bits per heavy atom. The van der Waals surface area contributed by atoms with Gasteiger partial charge in [0.15, 0.2) is 6.61 Å². The number of nitrogens with zero attached hydrogens (tertiary/aromatic N) is 1. The number of halogens is 1. The molecule has 0 aliphatic carbocycles. The number of nitrogens with one attached hydrogen (secondary N) is 2. The van der Waals surface area contributed by atoms with Crippen molar-refractivity contribution in [3.05, 3.63) is 59.1 Å². The van der Waals surface area contributed by atoms with E-state index in [9.17, 15) is 18.0 Å². The van der Waals surface area contributed by atoms with Crippen molar-refractivity contribution >= 4 is 33.4 Å². The predicted octanol–water partition coefficient (Wildman–Crippen LogP) is 1.96. The zero-order valence-corrected chi connectivity index (χ0v) is 17.0. The van der Waals surface area contributed by atoms with Gasteiger partial charge in [0.25, 0.3) is 11.8 Å². The van der Waals surface area contributed by atoms with Crippen molar-refractivity contribution in [3.8, 4) is 5.75 Å². The van der Waals surface area contributed by atoms with E-state index in [0.717, 1.165) is 12.8 Å². The maximum Gasteiger partial charge on any atom is 0.276 e. The van der Waals surface area contributed by atoms with Crippen molar-refractivity contribution in [2.45, 2.75) is 17.7 Å². The van der Waals surface area contributed by atoms with Crippen LogP contribution in [-0.4, -0.2) is 44.2 Å². The second-order valence-electron chi connectivity index (χ2n) is 6.36. The maximum absolute atomic E-state index is 12.5. The number of para-hydroxylation sites is 1. The van der Waals surface area contributed by atoms with Crippen LogP contribution in [0.5, 0.6) is 5.75 Å². The van der Waals surface area contributed by atoms with Gasteiger partial charge in [0.05, 0.1) is 9.92 Å². The molecular formula is C19H20ClN3O5S. The fourth-order valence-corrected chi connectivity index (χ4v) is 4.50. The molecule has 1 saturated heterocycles. The third-order valence-electron chi connectivity index (χ3n) is 4.33. The Kier molecular flexibility index (Phi) is 6.73. The van der Waals surface area contributed by atoms with E-state index in [0.29, 0.717) is 23.9 Å². The van der Waals surface area contributed by atoms with Gasteiger partial charge in [-0.05, 0) is 49.2 Å². The van der Waals surface area contributed by atoms with Gasteiger partial charge in [0, 0.05) is 18.7 Å². The number of carbonyl (C=O) groups excluding carboxylic acids is 2. The fourth-order valence-electron chi connectivity index (χ4n) is 2.80. The number of benzene rings is 2. The Balaban J connectivity index is 1.51. The summed E-state index contributed by atoms with van der Waals surface area (Å²) in [4.78, 5) is 24.1. The predicted molar refractivity (Wildman–Crippen MR) is 107 cm³/mol. The molecule has 1 aliphatic heterocycles. The van der Waals surface area contributed by atoms with Crippen molar-refractivity contribution in [3.63, 3.8) is 0 Å². The minimum absolute atomic E-state index is 0.133. The van der Waals surface area contributed by atoms with Gasteiger partial charge in [-0.1, -0.05) is 23.7 Å². The zero-order valence-electron chi connectivity index (χ0n) is 15.4. The van der Waals surface area contributed by atoms with Crippen LogP contribution in [0.15, 0.2) is 53.4 Å². The van der Waals surface area contributed by atoms with Crippen molar-refractivity contribution in [2.24, 2.45) is 0 Å². The van der Waals surface area contributed by atoms with Gasteiger partial charge in [-0.3, -0.25) is 20.4 Å². The van der Waals surface area contributed by atoms with E-state index in [1.165, 1.54) is 28.6 Å². The maximum atomic E-state index is 12.5. The van der Waals surface area contributed by atoms with E-state index in [1.54, 1.807) is 24.3 Å². The molecular weight excluding hydrogens is 418 g/mol. The van der Waals surface area contributed by atoms with E-state index < -0.39 is 21.8 Å². The van der Waals surface area contributed by atoms with Crippen LogP contribution in [0, 0.1) is 0 Å². The first-order valence-corrected chi connectivity index (χ1v) is 10.8. The van der Waals surface area contributed by atoms with Crippen LogP contribution in [0.4, 0.5) is 0 Å². The van der Waals surface area contributed by atoms with Gasteiger partial charge < -0.3 is 4.74 Å². The minimum atomic E-state index is -3.54. The topological polar surface area (TPSA) is 105 Å². The highest BCUT2D eigenvalue weighted by Gasteiger charge is 2.27. The average molecular weight is 438 g/mol. The van der Waals surface area contributed by atoms with Gasteiger partial charge in [-0.15, -0.1) is 0 Å². The van der Waals surface area contributed by atoms with Gasteiger partial charge >= 0.3 is 0 Å². The highest BCUT2D eigenvalue weighted by atomic mass is 35.5. The van der Waals surface area contributed by atoms with Gasteiger partial charge in [0.2, 0.25) is 10.0 Å². The summed E-state index contributed by atoms with van der Waals surface area (Å²) in [7, 11) is -3.54. The van der Waals surface area contributed by atoms with Gasteiger partial charge in [0.1, 0.15) is 5.75 Å². The normalized spacial score (nSPS) is 14.4. The number of hydrogen-bond acceptors (Lipinski definition) is 5. The first-order valence-electron chi connectivity index (χ1n) is 8.94. The molecule has 0 unspecified atom stereocenters. The molecule has 2 aromatic carbocycles. The lowest BCUT2D eigenvalue weighted by Gasteiger charge is -2.15. The summed E-state index contributed by atoms with van der Waals surface area (Å²) >= 11 is 5.93. The summed E-state index contributed by atoms with van der Waals surface area (Å²) in [5.74, 6) is -0.807. The summed E-state index contributed by atoms with van der Waals surface area (Å²) in [6, 6.07) is 12.2. The van der Waals surface area contributed by atoms with Crippen LogP contribution in [-0.2, 0) is 14.8 Å². The molecule has 1 aliphatic rings. The molecule has 2 aromatic rings. The summed E-state index contributed by atoms with van der Waals surface area (Å²) in [6.45, 7) is 0.677. The van der Waals surface area contributed by atoms with Gasteiger partial charge in [-0.25, -0.2) is 8.42 Å². The Morgan fingerprint density at radius 1 is 1.00 bits per heavy atom. The smallest absolute Gasteiger partial charge is 0.276 e. The third kappa shape index (κ3) is 5.26. The summed E-state index contributed by atoms with van der Waals surface area (Å²) in [5.41, 5.74) is 4.68. The number of ether oxygens (including phenoxy) is 1.